The molecule has 0 unspecified atom stereocenters. The molecule has 1 aliphatic rings. The maximum atomic E-state index is 13.4. The first-order valence-corrected chi connectivity index (χ1v) is 12.0. The molecule has 1 aliphatic heterocycles. The molecule has 0 bridgehead atoms. The molecule has 4 aromatic rings. The molecule has 0 saturated carbocycles. The van der Waals surface area contributed by atoms with Crippen LogP contribution in [0.1, 0.15) is 45.9 Å². The molecule has 36 heavy (non-hydrogen) atoms. The van der Waals surface area contributed by atoms with Crippen molar-refractivity contribution in [3.63, 3.8) is 0 Å². The van der Waals surface area contributed by atoms with Crippen molar-refractivity contribution in [2.75, 3.05) is 18.5 Å². The molecule has 1 atom stereocenters. The van der Waals surface area contributed by atoms with E-state index < -0.39 is 6.04 Å². The Morgan fingerprint density at radius 3 is 2.75 bits per heavy atom. The number of hydrogen-bond acceptors (Lipinski definition) is 7. The number of aryl methyl sites for hydroxylation is 1. The smallest absolute Gasteiger partial charge is 0.252 e. The van der Waals surface area contributed by atoms with Crippen molar-refractivity contribution in [1.82, 2.24) is 25.1 Å². The van der Waals surface area contributed by atoms with Crippen molar-refractivity contribution < 1.29 is 9.53 Å². The van der Waals surface area contributed by atoms with Crippen LogP contribution in [0, 0.1) is 11.3 Å². The van der Waals surface area contributed by atoms with Crippen LogP contribution in [0.2, 0.25) is 5.02 Å². The maximum absolute atomic E-state index is 13.4. The minimum Gasteiger partial charge on any atom is -0.381 e. The van der Waals surface area contributed by atoms with Gasteiger partial charge in [0.25, 0.3) is 5.91 Å². The van der Waals surface area contributed by atoms with E-state index in [-0.39, 0.29) is 11.9 Å². The summed E-state index contributed by atoms with van der Waals surface area (Å²) in [5, 5.41) is 21.1. The van der Waals surface area contributed by atoms with Crippen molar-refractivity contribution in [3.8, 4) is 6.07 Å². The van der Waals surface area contributed by atoms with Gasteiger partial charge >= 0.3 is 0 Å². The van der Waals surface area contributed by atoms with E-state index in [2.05, 4.69) is 31.8 Å². The molecule has 2 N–H and O–H groups in total. The first-order chi connectivity index (χ1) is 17.5. The highest BCUT2D eigenvalue weighted by Crippen LogP contribution is 2.27. The van der Waals surface area contributed by atoms with E-state index in [1.165, 1.54) is 0 Å². The minimum absolute atomic E-state index is 0.266. The van der Waals surface area contributed by atoms with Crippen LogP contribution in [0.5, 0.6) is 0 Å². The molecule has 182 valence electrons. The summed E-state index contributed by atoms with van der Waals surface area (Å²) in [6, 6.07) is 12.3. The number of hydrogen-bond donors (Lipinski definition) is 2. The predicted molar refractivity (Wildman–Crippen MR) is 136 cm³/mol. The van der Waals surface area contributed by atoms with Gasteiger partial charge in [-0.2, -0.15) is 10.4 Å². The second-order valence-electron chi connectivity index (χ2n) is 8.70. The molecule has 5 rings (SSSR count). The Morgan fingerprint density at radius 2 is 2.03 bits per heavy atom. The van der Waals surface area contributed by atoms with Gasteiger partial charge in [0.05, 0.1) is 28.3 Å². The third-order valence-electron chi connectivity index (χ3n) is 6.18. The number of fused-ring (bicyclic) bond motifs is 1. The fraction of sp³-hybridized carbons (Fsp3) is 0.269. The van der Waals surface area contributed by atoms with Crippen LogP contribution in [-0.4, -0.2) is 44.9 Å². The molecule has 1 fully saturated rings. The molecule has 2 aromatic heterocycles. The number of carbonyl (C=O) groups is 1. The zero-order valence-corrected chi connectivity index (χ0v) is 20.4. The summed E-state index contributed by atoms with van der Waals surface area (Å²) < 4.78 is 7.08. The zero-order chi connectivity index (χ0) is 25.1. The molecular weight excluding hydrogens is 478 g/mol. The minimum atomic E-state index is -0.511. The summed E-state index contributed by atoms with van der Waals surface area (Å²) in [4.78, 5) is 22.4. The van der Waals surface area contributed by atoms with E-state index in [9.17, 15) is 10.1 Å². The molecular formula is C26H24ClN7O2. The fourth-order valence-corrected chi connectivity index (χ4v) is 4.45. The third kappa shape index (κ3) is 5.15. The van der Waals surface area contributed by atoms with Gasteiger partial charge in [0.2, 0.25) is 5.95 Å². The van der Waals surface area contributed by atoms with Crippen LogP contribution in [0.3, 0.4) is 0 Å². The second-order valence-corrected chi connectivity index (χ2v) is 9.11. The summed E-state index contributed by atoms with van der Waals surface area (Å²) in [7, 11) is 1.81. The number of anilines is 1. The van der Waals surface area contributed by atoms with Crippen LogP contribution < -0.4 is 10.6 Å². The van der Waals surface area contributed by atoms with Gasteiger partial charge in [-0.3, -0.25) is 9.48 Å². The van der Waals surface area contributed by atoms with Gasteiger partial charge in [0, 0.05) is 55.2 Å². The van der Waals surface area contributed by atoms with E-state index >= 15 is 0 Å². The molecule has 10 heteroatoms. The Morgan fingerprint density at radius 1 is 1.19 bits per heavy atom. The van der Waals surface area contributed by atoms with Crippen molar-refractivity contribution in [1.29, 1.82) is 5.26 Å². The number of aromatic nitrogens is 4. The van der Waals surface area contributed by atoms with Crippen molar-refractivity contribution in [3.05, 3.63) is 82.3 Å². The lowest BCUT2D eigenvalue weighted by atomic mass is 9.99. The van der Waals surface area contributed by atoms with Crippen LogP contribution in [-0.2, 0) is 11.8 Å². The van der Waals surface area contributed by atoms with Crippen LogP contribution in [0.25, 0.3) is 10.9 Å². The zero-order valence-electron chi connectivity index (χ0n) is 19.6. The molecule has 1 saturated heterocycles. The molecule has 0 aliphatic carbocycles. The standard InChI is InChI=1S/C26H24ClN7O2/c1-34-15-20(14-30-34)24(16-2-4-18(12-28)22(27)10-16)33-25(35)17-3-5-19-13-29-26(32-23(19)11-17)31-21-6-8-36-9-7-21/h2-5,10-11,13-15,21,24H,6-9H2,1H3,(H,33,35)(H,29,31,32)/t24-/m0/s1. The summed E-state index contributed by atoms with van der Waals surface area (Å²) in [5.74, 6) is 0.260. The number of nitrogens with one attached hydrogen (secondary N) is 2. The van der Waals surface area contributed by atoms with E-state index in [1.807, 2.05) is 19.3 Å². The van der Waals surface area contributed by atoms with Gasteiger partial charge < -0.3 is 15.4 Å². The molecule has 2 aromatic carbocycles. The third-order valence-corrected chi connectivity index (χ3v) is 6.49. The van der Waals surface area contributed by atoms with E-state index in [1.54, 1.807) is 47.4 Å². The number of ether oxygens (including phenoxy) is 1. The van der Waals surface area contributed by atoms with Crippen molar-refractivity contribution in [2.45, 2.75) is 24.9 Å². The highest BCUT2D eigenvalue weighted by Gasteiger charge is 2.21. The summed E-state index contributed by atoms with van der Waals surface area (Å²) in [6.07, 6.45) is 7.08. The van der Waals surface area contributed by atoms with Gasteiger partial charge in [-0.25, -0.2) is 9.97 Å². The van der Waals surface area contributed by atoms with Crippen LogP contribution >= 0.6 is 11.6 Å². The summed E-state index contributed by atoms with van der Waals surface area (Å²) in [6.45, 7) is 1.44. The highest BCUT2D eigenvalue weighted by molar-refractivity contribution is 6.31. The van der Waals surface area contributed by atoms with Crippen molar-refractivity contribution in [2.24, 2.45) is 7.05 Å². The second kappa shape index (κ2) is 10.3. The summed E-state index contributed by atoms with van der Waals surface area (Å²) in [5.41, 5.74) is 3.04. The molecule has 0 radical (unpaired) electrons. The van der Waals surface area contributed by atoms with E-state index in [0.717, 1.165) is 42.6 Å². The molecule has 0 spiro atoms. The SMILES string of the molecule is Cn1cc([C@@H](NC(=O)c2ccc3cnc(NC4CCOCC4)nc3c2)c2ccc(C#N)c(Cl)c2)cn1. The van der Waals surface area contributed by atoms with E-state index in [0.29, 0.717) is 27.6 Å². The highest BCUT2D eigenvalue weighted by atomic mass is 35.5. The Kier molecular flexibility index (Phi) is 6.80. The lowest BCUT2D eigenvalue weighted by Crippen LogP contribution is -2.29. The number of amides is 1. The number of benzene rings is 2. The molecule has 3 heterocycles. The average molecular weight is 502 g/mol. The first kappa shape index (κ1) is 23.7. The van der Waals surface area contributed by atoms with E-state index in [4.69, 9.17) is 16.3 Å². The Bertz CT molecular complexity index is 1460. The fourth-order valence-electron chi connectivity index (χ4n) is 4.22. The summed E-state index contributed by atoms with van der Waals surface area (Å²) >= 11 is 6.29. The quantitative estimate of drug-likeness (QED) is 0.410. The number of nitrogens with zero attached hydrogens (tertiary/aromatic N) is 5. The monoisotopic (exact) mass is 501 g/mol. The van der Waals surface area contributed by atoms with Gasteiger partial charge in [-0.05, 0) is 42.7 Å². The Balaban J connectivity index is 1.41. The maximum Gasteiger partial charge on any atom is 0.252 e. The van der Waals surface area contributed by atoms with Crippen molar-refractivity contribution >= 4 is 34.4 Å². The number of halogens is 1. The largest absolute Gasteiger partial charge is 0.381 e. The number of rotatable bonds is 6. The van der Waals surface area contributed by atoms with Gasteiger partial charge in [-0.1, -0.05) is 23.7 Å². The normalized spacial score (nSPS) is 14.8. The number of nitriles is 1. The van der Waals surface area contributed by atoms with Gasteiger partial charge in [-0.15, -0.1) is 0 Å². The lowest BCUT2D eigenvalue weighted by Gasteiger charge is -2.23. The average Bonchev–Trinajstić information content (AvgIpc) is 3.33. The Labute approximate surface area is 213 Å². The Hall–Kier alpha value is -4.00. The molecule has 9 nitrogen and oxygen atoms in total. The predicted octanol–water partition coefficient (Wildman–Crippen LogP) is 4.00. The van der Waals surface area contributed by atoms with Gasteiger partial charge in [0.15, 0.2) is 0 Å². The van der Waals surface area contributed by atoms with Crippen LogP contribution in [0.4, 0.5) is 5.95 Å². The first-order valence-electron chi connectivity index (χ1n) is 11.6. The molecule has 1 amide bonds. The lowest BCUT2D eigenvalue weighted by molar-refractivity contribution is 0.0903. The van der Waals surface area contributed by atoms with Gasteiger partial charge in [0.1, 0.15) is 6.07 Å². The topological polar surface area (TPSA) is 118 Å². The number of carbonyl (C=O) groups excluding carboxylic acids is 1. The van der Waals surface area contributed by atoms with Crippen LogP contribution in [0.15, 0.2) is 55.0 Å².